The summed E-state index contributed by atoms with van der Waals surface area (Å²) in [6, 6.07) is 0. The predicted octanol–water partition coefficient (Wildman–Crippen LogP) is 1.31. The van der Waals surface area contributed by atoms with Crippen LogP contribution in [0, 0.1) is 0 Å². The zero-order valence-corrected chi connectivity index (χ0v) is 6.92. The highest BCUT2D eigenvalue weighted by Gasteiger charge is 1.73. The van der Waals surface area contributed by atoms with Crippen LogP contribution in [0.1, 0.15) is 6.92 Å². The van der Waals surface area contributed by atoms with Gasteiger partial charge in [-0.2, -0.15) is 0 Å². The zero-order valence-electron chi connectivity index (χ0n) is 4.76. The summed E-state index contributed by atoms with van der Waals surface area (Å²) in [5.74, 6) is 0.585. The Morgan fingerprint density at radius 2 is 2.50 bits per heavy atom. The summed E-state index contributed by atoms with van der Waals surface area (Å²) in [6.45, 7) is 1.86. The second kappa shape index (κ2) is 5.08. The third-order valence-corrected chi connectivity index (χ3v) is 0.999. The van der Waals surface area contributed by atoms with Crippen molar-refractivity contribution < 1.29 is 0 Å². The van der Waals surface area contributed by atoms with Crippen molar-refractivity contribution >= 4 is 28.8 Å². The summed E-state index contributed by atoms with van der Waals surface area (Å²) < 4.78 is 0.909. The molecule has 0 saturated heterocycles. The second-order valence-electron chi connectivity index (χ2n) is 1.18. The molecule has 0 aliphatic rings. The molecule has 0 aromatic carbocycles. The number of halogens is 1. The minimum Gasteiger partial charge on any atom is -0.384 e. The number of nitrogens with zero attached hydrogens (tertiary/aromatic N) is 1. The van der Waals surface area contributed by atoms with Gasteiger partial charge in [0.25, 0.3) is 0 Å². The van der Waals surface area contributed by atoms with E-state index in [1.54, 1.807) is 12.3 Å². The molecule has 8 heavy (non-hydrogen) atoms. The lowest BCUT2D eigenvalue weighted by molar-refractivity contribution is 1.24. The fraction of sp³-hybridized carbons (Fsp3) is 0.400. The highest BCUT2D eigenvalue weighted by atomic mass is 127. The molecule has 0 spiro atoms. The first kappa shape index (κ1) is 7.94. The summed E-state index contributed by atoms with van der Waals surface area (Å²) in [5.41, 5.74) is 5.32. The first-order chi connectivity index (χ1) is 3.81. The predicted molar refractivity (Wildman–Crippen MR) is 45.3 cm³/mol. The first-order valence-electron chi connectivity index (χ1n) is 2.31. The van der Waals surface area contributed by atoms with Gasteiger partial charge in [0.05, 0.1) is 0 Å². The highest BCUT2D eigenvalue weighted by molar-refractivity contribution is 14.1. The number of allylic oxidation sites excluding steroid dienone is 1. The SMILES string of the molecule is C/C=C(\N)N=CCI. The molecule has 0 aliphatic carbocycles. The molecule has 0 saturated carbocycles. The molecule has 2 nitrogen and oxygen atoms in total. The van der Waals surface area contributed by atoms with Gasteiger partial charge in [0, 0.05) is 10.6 Å². The molecule has 0 unspecified atom stereocenters. The van der Waals surface area contributed by atoms with Gasteiger partial charge in [-0.15, -0.1) is 0 Å². The number of rotatable bonds is 2. The molecule has 0 bridgehead atoms. The minimum absolute atomic E-state index is 0.585. The number of nitrogens with two attached hydrogens (primary N) is 1. The van der Waals surface area contributed by atoms with Gasteiger partial charge in [-0.25, -0.2) is 4.99 Å². The van der Waals surface area contributed by atoms with E-state index in [0.29, 0.717) is 5.82 Å². The van der Waals surface area contributed by atoms with E-state index in [2.05, 4.69) is 27.6 Å². The Kier molecular flexibility index (Phi) is 5.05. The van der Waals surface area contributed by atoms with Crippen LogP contribution in [-0.4, -0.2) is 10.6 Å². The second-order valence-corrected chi connectivity index (χ2v) is 2.06. The van der Waals surface area contributed by atoms with Gasteiger partial charge >= 0.3 is 0 Å². The van der Waals surface area contributed by atoms with Gasteiger partial charge in [-0.05, 0) is 13.0 Å². The van der Waals surface area contributed by atoms with Crippen LogP contribution in [-0.2, 0) is 0 Å². The van der Waals surface area contributed by atoms with E-state index >= 15 is 0 Å². The molecule has 0 radical (unpaired) electrons. The Morgan fingerprint density at radius 3 is 2.88 bits per heavy atom. The van der Waals surface area contributed by atoms with Crippen LogP contribution >= 0.6 is 22.6 Å². The average molecular weight is 224 g/mol. The molecule has 0 fully saturated rings. The smallest absolute Gasteiger partial charge is 0.118 e. The van der Waals surface area contributed by atoms with Crippen molar-refractivity contribution in [2.45, 2.75) is 6.92 Å². The Hall–Kier alpha value is -0.0600. The summed E-state index contributed by atoms with van der Waals surface area (Å²) in [6.07, 6.45) is 3.54. The molecule has 0 aliphatic heterocycles. The van der Waals surface area contributed by atoms with Crippen LogP contribution in [0.15, 0.2) is 16.9 Å². The Bertz CT molecular complexity index is 107. The van der Waals surface area contributed by atoms with Crippen molar-refractivity contribution in [1.29, 1.82) is 0 Å². The molecule has 2 N–H and O–H groups in total. The van der Waals surface area contributed by atoms with E-state index in [4.69, 9.17) is 5.73 Å². The fourth-order valence-corrected chi connectivity index (χ4v) is 0.411. The van der Waals surface area contributed by atoms with Gasteiger partial charge in [-0.3, -0.25) is 0 Å². The number of aliphatic imine (C=N–C) groups is 1. The maximum Gasteiger partial charge on any atom is 0.118 e. The van der Waals surface area contributed by atoms with E-state index in [9.17, 15) is 0 Å². The summed E-state index contributed by atoms with van der Waals surface area (Å²) in [4.78, 5) is 3.87. The molecule has 0 rings (SSSR count). The quantitative estimate of drug-likeness (QED) is 0.428. The van der Waals surface area contributed by atoms with Crippen LogP contribution in [0.5, 0.6) is 0 Å². The summed E-state index contributed by atoms with van der Waals surface area (Å²) in [5, 5.41) is 0. The van der Waals surface area contributed by atoms with Gasteiger partial charge in [0.2, 0.25) is 0 Å². The fourth-order valence-electron chi connectivity index (χ4n) is 0.214. The zero-order chi connectivity index (χ0) is 6.41. The first-order valence-corrected chi connectivity index (χ1v) is 3.84. The van der Waals surface area contributed by atoms with E-state index in [1.807, 2.05) is 6.92 Å². The molecule has 0 atom stereocenters. The topological polar surface area (TPSA) is 38.4 Å². The van der Waals surface area contributed by atoms with Crippen LogP contribution in [0.25, 0.3) is 0 Å². The Morgan fingerprint density at radius 1 is 1.88 bits per heavy atom. The van der Waals surface area contributed by atoms with Crippen molar-refractivity contribution in [3.8, 4) is 0 Å². The number of alkyl halides is 1. The number of hydrogen-bond acceptors (Lipinski definition) is 2. The molecule has 0 amide bonds. The number of hydrogen-bond donors (Lipinski definition) is 1. The summed E-state index contributed by atoms with van der Waals surface area (Å²) >= 11 is 2.21. The molecular formula is C5H9IN2. The maximum atomic E-state index is 5.32. The van der Waals surface area contributed by atoms with Crippen molar-refractivity contribution in [3.05, 3.63) is 11.9 Å². The van der Waals surface area contributed by atoms with Gasteiger partial charge in [0.15, 0.2) is 0 Å². The lowest BCUT2D eigenvalue weighted by Gasteiger charge is -1.84. The molecule has 0 aromatic rings. The van der Waals surface area contributed by atoms with E-state index in [1.165, 1.54) is 0 Å². The molecule has 3 heteroatoms. The van der Waals surface area contributed by atoms with Gasteiger partial charge in [-0.1, -0.05) is 22.6 Å². The van der Waals surface area contributed by atoms with Crippen LogP contribution in [0.4, 0.5) is 0 Å². The van der Waals surface area contributed by atoms with Crippen molar-refractivity contribution in [1.82, 2.24) is 0 Å². The van der Waals surface area contributed by atoms with Gasteiger partial charge < -0.3 is 5.73 Å². The van der Waals surface area contributed by atoms with Crippen LogP contribution in [0.3, 0.4) is 0 Å². The van der Waals surface area contributed by atoms with E-state index in [-0.39, 0.29) is 0 Å². The monoisotopic (exact) mass is 224 g/mol. The summed E-state index contributed by atoms with van der Waals surface area (Å²) in [7, 11) is 0. The van der Waals surface area contributed by atoms with E-state index in [0.717, 1.165) is 4.43 Å². The standard InChI is InChI=1S/C5H9IN2/c1-2-5(7)8-4-3-6/h2,4H,3,7H2,1H3/b5-2+,8-4?. The van der Waals surface area contributed by atoms with Crippen LogP contribution in [0.2, 0.25) is 0 Å². The third kappa shape index (κ3) is 4.11. The normalized spacial score (nSPS) is 13.0. The lowest BCUT2D eigenvalue weighted by atomic mass is 10.6. The van der Waals surface area contributed by atoms with Gasteiger partial charge in [0.1, 0.15) is 5.82 Å². The minimum atomic E-state index is 0.585. The van der Waals surface area contributed by atoms with Crippen molar-refractivity contribution in [2.75, 3.05) is 4.43 Å². The lowest BCUT2D eigenvalue weighted by Crippen LogP contribution is -1.92. The molecule has 0 heterocycles. The Balaban J connectivity index is 3.53. The average Bonchev–Trinajstić information content (AvgIpc) is 1.83. The molecule has 0 aromatic heterocycles. The highest BCUT2D eigenvalue weighted by Crippen LogP contribution is 1.83. The van der Waals surface area contributed by atoms with Crippen molar-refractivity contribution in [2.24, 2.45) is 10.7 Å². The maximum absolute atomic E-state index is 5.32. The molecular weight excluding hydrogens is 215 g/mol. The third-order valence-electron chi connectivity index (χ3n) is 0.605. The largest absolute Gasteiger partial charge is 0.384 e. The Labute approximate surface area is 63.0 Å². The van der Waals surface area contributed by atoms with E-state index < -0.39 is 0 Å². The van der Waals surface area contributed by atoms with Crippen LogP contribution < -0.4 is 5.73 Å². The van der Waals surface area contributed by atoms with Crippen molar-refractivity contribution in [3.63, 3.8) is 0 Å². The molecule has 46 valence electrons.